The van der Waals surface area contributed by atoms with Crippen LogP contribution in [0.2, 0.25) is 0 Å². The number of methoxy groups -OCH3 is 1. The van der Waals surface area contributed by atoms with E-state index in [1.807, 2.05) is 13.0 Å². The van der Waals surface area contributed by atoms with E-state index in [1.54, 1.807) is 31.4 Å². The summed E-state index contributed by atoms with van der Waals surface area (Å²) in [5, 5.41) is 1.11. The number of H-pyrrole nitrogens is 1. The molecule has 0 atom stereocenters. The molecule has 1 saturated heterocycles. The van der Waals surface area contributed by atoms with Crippen molar-refractivity contribution in [3.05, 3.63) is 48.2 Å². The first kappa shape index (κ1) is 22.1. The number of nitrogens with zero attached hydrogens (tertiary/aromatic N) is 3. The molecule has 0 amide bonds. The minimum Gasteiger partial charge on any atom is -0.493 e. The van der Waals surface area contributed by atoms with Crippen molar-refractivity contribution in [3.8, 4) is 23.1 Å². The summed E-state index contributed by atoms with van der Waals surface area (Å²) in [6.45, 7) is 5.02. The first-order valence-electron chi connectivity index (χ1n) is 12.2. The lowest BCUT2D eigenvalue weighted by molar-refractivity contribution is 0.0662. The Balaban J connectivity index is 1.21. The van der Waals surface area contributed by atoms with Crippen molar-refractivity contribution >= 4 is 21.8 Å². The van der Waals surface area contributed by atoms with Gasteiger partial charge < -0.3 is 24.1 Å². The predicted octanol–water partition coefficient (Wildman–Crippen LogP) is 5.61. The van der Waals surface area contributed by atoms with Crippen LogP contribution in [-0.2, 0) is 0 Å². The molecule has 1 saturated carbocycles. The number of ether oxygens (including phenoxy) is 3. The van der Waals surface area contributed by atoms with Gasteiger partial charge in [-0.05, 0) is 75.9 Å². The van der Waals surface area contributed by atoms with Crippen LogP contribution in [0.5, 0.6) is 23.1 Å². The molecule has 2 aromatic heterocycles. The number of benzene rings is 2. The smallest absolute Gasteiger partial charge is 0.230 e. The number of likely N-dealkylation sites (tertiary alicyclic amines) is 1. The van der Waals surface area contributed by atoms with Crippen molar-refractivity contribution in [2.24, 2.45) is 5.92 Å². The standard InChI is InChI=1S/C27H29FN4O3/c1-16-9-19-21(31-16)5-6-23(26(19)28)35-27-20-12-24(33-2)25(13-22(20)29-15-30-27)34-14-17-10-18(11-17)32-7-3-4-8-32/h5-6,9,12-13,15,17-18,31H,3-4,7-8,10-11,14H2,1-2H3. The number of halogens is 1. The molecule has 1 aliphatic carbocycles. The Bertz CT molecular complexity index is 1380. The van der Waals surface area contributed by atoms with Gasteiger partial charge in [0.05, 0.1) is 24.6 Å². The van der Waals surface area contributed by atoms with Gasteiger partial charge in [0.25, 0.3) is 0 Å². The Morgan fingerprint density at radius 3 is 2.66 bits per heavy atom. The summed E-state index contributed by atoms with van der Waals surface area (Å²) in [6.07, 6.45) is 6.44. The maximum Gasteiger partial charge on any atom is 0.230 e. The highest BCUT2D eigenvalue weighted by Gasteiger charge is 2.35. The first-order chi connectivity index (χ1) is 17.1. The Morgan fingerprint density at radius 1 is 1.03 bits per heavy atom. The van der Waals surface area contributed by atoms with Crippen molar-refractivity contribution in [2.75, 3.05) is 26.8 Å². The second kappa shape index (κ2) is 9.00. The van der Waals surface area contributed by atoms with Crippen molar-refractivity contribution in [2.45, 2.75) is 38.6 Å². The number of aromatic nitrogens is 3. The number of rotatable bonds is 7. The minimum absolute atomic E-state index is 0.105. The van der Waals surface area contributed by atoms with Gasteiger partial charge in [-0.15, -0.1) is 0 Å². The van der Waals surface area contributed by atoms with E-state index >= 15 is 4.39 Å². The molecule has 0 unspecified atom stereocenters. The highest BCUT2D eigenvalue weighted by Crippen LogP contribution is 2.39. The molecule has 2 aromatic carbocycles. The van der Waals surface area contributed by atoms with E-state index in [1.165, 1.54) is 45.1 Å². The molecule has 35 heavy (non-hydrogen) atoms. The predicted molar refractivity (Wildman–Crippen MR) is 132 cm³/mol. The van der Waals surface area contributed by atoms with Gasteiger partial charge in [-0.3, -0.25) is 0 Å². The topological polar surface area (TPSA) is 72.5 Å². The summed E-state index contributed by atoms with van der Waals surface area (Å²) >= 11 is 0. The molecule has 1 aliphatic heterocycles. The fourth-order valence-corrected chi connectivity index (χ4v) is 5.31. The van der Waals surface area contributed by atoms with Crippen molar-refractivity contribution in [3.63, 3.8) is 0 Å². The normalized spacial score (nSPS) is 20.3. The monoisotopic (exact) mass is 476 g/mol. The Hall–Kier alpha value is -3.39. The molecule has 2 fully saturated rings. The van der Waals surface area contributed by atoms with E-state index in [-0.39, 0.29) is 11.6 Å². The molecule has 0 spiro atoms. The molecule has 7 nitrogen and oxygen atoms in total. The largest absolute Gasteiger partial charge is 0.493 e. The van der Waals surface area contributed by atoms with Crippen molar-refractivity contribution < 1.29 is 18.6 Å². The summed E-state index contributed by atoms with van der Waals surface area (Å²) in [6, 6.07) is 9.51. The van der Waals surface area contributed by atoms with Gasteiger partial charge in [-0.1, -0.05) is 0 Å². The summed E-state index contributed by atoms with van der Waals surface area (Å²) < 4.78 is 32.8. The summed E-state index contributed by atoms with van der Waals surface area (Å²) in [5.41, 5.74) is 2.25. The van der Waals surface area contributed by atoms with Crippen LogP contribution < -0.4 is 14.2 Å². The molecule has 6 rings (SSSR count). The molecule has 1 N–H and O–H groups in total. The Morgan fingerprint density at radius 2 is 1.86 bits per heavy atom. The molecular formula is C27H29FN4O3. The molecule has 3 heterocycles. The molecule has 4 aromatic rings. The lowest BCUT2D eigenvalue weighted by Crippen LogP contribution is -2.44. The lowest BCUT2D eigenvalue weighted by Gasteiger charge is -2.41. The van der Waals surface area contributed by atoms with Crippen LogP contribution in [0.4, 0.5) is 4.39 Å². The van der Waals surface area contributed by atoms with Crippen LogP contribution in [0, 0.1) is 18.7 Å². The third-order valence-electron chi connectivity index (χ3n) is 7.27. The zero-order chi connectivity index (χ0) is 23.9. The lowest BCUT2D eigenvalue weighted by atomic mass is 9.80. The van der Waals surface area contributed by atoms with E-state index in [0.717, 1.165) is 11.2 Å². The summed E-state index contributed by atoms with van der Waals surface area (Å²) in [4.78, 5) is 14.4. The summed E-state index contributed by atoms with van der Waals surface area (Å²) in [5.74, 6) is 1.71. The number of fused-ring (bicyclic) bond motifs is 2. The van der Waals surface area contributed by atoms with Crippen molar-refractivity contribution in [1.29, 1.82) is 0 Å². The molecule has 0 radical (unpaired) electrons. The van der Waals surface area contributed by atoms with Crippen LogP contribution in [0.1, 0.15) is 31.4 Å². The maximum absolute atomic E-state index is 15.1. The Labute approximate surface area is 203 Å². The highest BCUT2D eigenvalue weighted by atomic mass is 19.1. The van der Waals surface area contributed by atoms with Gasteiger partial charge in [0, 0.05) is 28.7 Å². The van der Waals surface area contributed by atoms with E-state index < -0.39 is 5.82 Å². The second-order valence-electron chi connectivity index (χ2n) is 9.64. The number of aromatic amines is 1. The number of aryl methyl sites for hydroxylation is 1. The van der Waals surface area contributed by atoms with Gasteiger partial charge in [-0.25, -0.2) is 14.4 Å². The second-order valence-corrected chi connectivity index (χ2v) is 9.64. The van der Waals surface area contributed by atoms with Gasteiger partial charge in [-0.2, -0.15) is 0 Å². The van der Waals surface area contributed by atoms with Gasteiger partial charge in [0.1, 0.15) is 6.33 Å². The minimum atomic E-state index is -0.432. The van der Waals surface area contributed by atoms with Crippen LogP contribution in [0.3, 0.4) is 0 Å². The molecule has 8 heteroatoms. The van der Waals surface area contributed by atoms with Gasteiger partial charge in [0.2, 0.25) is 5.88 Å². The van der Waals surface area contributed by atoms with Crippen LogP contribution in [0.15, 0.2) is 36.7 Å². The SMILES string of the molecule is COc1cc2c(Oc3ccc4[nH]c(C)cc4c3F)ncnc2cc1OCC1CC(N2CCCC2)C1. The highest BCUT2D eigenvalue weighted by molar-refractivity contribution is 5.87. The van der Waals surface area contributed by atoms with Crippen LogP contribution in [-0.4, -0.2) is 52.7 Å². The molecule has 182 valence electrons. The zero-order valence-electron chi connectivity index (χ0n) is 20.0. The number of hydrogen-bond donors (Lipinski definition) is 1. The van der Waals surface area contributed by atoms with Crippen LogP contribution in [0.25, 0.3) is 21.8 Å². The molecule has 0 bridgehead atoms. The Kier molecular flexibility index (Phi) is 5.68. The average Bonchev–Trinajstić information content (AvgIpc) is 3.49. The van der Waals surface area contributed by atoms with E-state index in [9.17, 15) is 0 Å². The van der Waals surface area contributed by atoms with E-state index in [4.69, 9.17) is 14.2 Å². The van der Waals surface area contributed by atoms with Gasteiger partial charge in [0.15, 0.2) is 23.1 Å². The van der Waals surface area contributed by atoms with Gasteiger partial charge >= 0.3 is 0 Å². The average molecular weight is 477 g/mol. The maximum atomic E-state index is 15.1. The fraction of sp³-hybridized carbons (Fsp3) is 0.407. The zero-order valence-corrected chi connectivity index (χ0v) is 20.0. The third kappa shape index (κ3) is 4.16. The third-order valence-corrected chi connectivity index (χ3v) is 7.27. The van der Waals surface area contributed by atoms with E-state index in [0.29, 0.717) is 46.4 Å². The quantitative estimate of drug-likeness (QED) is 0.374. The first-order valence-corrected chi connectivity index (χ1v) is 12.2. The van der Waals surface area contributed by atoms with E-state index in [2.05, 4.69) is 19.9 Å². The number of nitrogens with one attached hydrogen (secondary N) is 1. The molecule has 2 aliphatic rings. The van der Waals surface area contributed by atoms with Crippen molar-refractivity contribution in [1.82, 2.24) is 19.9 Å². The summed E-state index contributed by atoms with van der Waals surface area (Å²) in [7, 11) is 1.60. The number of hydrogen-bond acceptors (Lipinski definition) is 6. The fourth-order valence-electron chi connectivity index (χ4n) is 5.31. The van der Waals surface area contributed by atoms with Crippen LogP contribution >= 0.6 is 0 Å². The molecular weight excluding hydrogens is 447 g/mol.